The molecule has 0 aromatic rings. The Labute approximate surface area is 100 Å². The van der Waals surface area contributed by atoms with Crippen LogP contribution >= 0.6 is 0 Å². The summed E-state index contributed by atoms with van der Waals surface area (Å²) in [6, 6.07) is 0.490. The van der Waals surface area contributed by atoms with Crippen LogP contribution in [0.15, 0.2) is 0 Å². The lowest BCUT2D eigenvalue weighted by Crippen LogP contribution is -2.35. The third kappa shape index (κ3) is 5.83. The molecule has 0 aromatic heterocycles. The SMILES string of the molecule is CC(C)CCC(CCCC1CCCO1)NN. The van der Waals surface area contributed by atoms with Crippen LogP contribution in [0.5, 0.6) is 0 Å². The molecular formula is C13H28N2O. The Morgan fingerprint density at radius 1 is 1.31 bits per heavy atom. The quantitative estimate of drug-likeness (QED) is 0.496. The lowest BCUT2D eigenvalue weighted by atomic mass is 9.98. The first-order valence-electron chi connectivity index (χ1n) is 6.80. The van der Waals surface area contributed by atoms with Crippen LogP contribution in [0.25, 0.3) is 0 Å². The van der Waals surface area contributed by atoms with E-state index in [-0.39, 0.29) is 0 Å². The molecule has 3 N–H and O–H groups in total. The van der Waals surface area contributed by atoms with Gasteiger partial charge in [-0.3, -0.25) is 11.3 Å². The van der Waals surface area contributed by atoms with Gasteiger partial charge in [0.15, 0.2) is 0 Å². The summed E-state index contributed by atoms with van der Waals surface area (Å²) in [5.74, 6) is 6.34. The number of nitrogens with two attached hydrogens (primary N) is 1. The van der Waals surface area contributed by atoms with Gasteiger partial charge < -0.3 is 4.74 Å². The lowest BCUT2D eigenvalue weighted by Gasteiger charge is -2.17. The van der Waals surface area contributed by atoms with Crippen molar-refractivity contribution < 1.29 is 4.74 Å². The maximum atomic E-state index is 5.61. The highest BCUT2D eigenvalue weighted by Crippen LogP contribution is 2.19. The lowest BCUT2D eigenvalue weighted by molar-refractivity contribution is 0.101. The van der Waals surface area contributed by atoms with E-state index in [4.69, 9.17) is 10.6 Å². The molecule has 1 rings (SSSR count). The molecule has 1 aliphatic heterocycles. The predicted molar refractivity (Wildman–Crippen MR) is 68.0 cm³/mol. The highest BCUT2D eigenvalue weighted by molar-refractivity contribution is 4.69. The van der Waals surface area contributed by atoms with E-state index < -0.39 is 0 Å². The van der Waals surface area contributed by atoms with Gasteiger partial charge in [0.25, 0.3) is 0 Å². The van der Waals surface area contributed by atoms with Gasteiger partial charge in [0.05, 0.1) is 6.10 Å². The van der Waals surface area contributed by atoms with E-state index in [2.05, 4.69) is 19.3 Å². The molecule has 1 fully saturated rings. The van der Waals surface area contributed by atoms with Crippen LogP contribution in [0.3, 0.4) is 0 Å². The highest BCUT2D eigenvalue weighted by Gasteiger charge is 2.15. The Bertz CT molecular complexity index is 167. The molecule has 2 unspecified atom stereocenters. The third-order valence-electron chi connectivity index (χ3n) is 3.43. The minimum atomic E-state index is 0.490. The number of nitrogens with one attached hydrogen (secondary N) is 1. The fourth-order valence-corrected chi connectivity index (χ4v) is 2.31. The van der Waals surface area contributed by atoms with E-state index >= 15 is 0 Å². The van der Waals surface area contributed by atoms with Crippen LogP contribution in [0.2, 0.25) is 0 Å². The molecule has 16 heavy (non-hydrogen) atoms. The van der Waals surface area contributed by atoms with E-state index in [1.807, 2.05) is 0 Å². The van der Waals surface area contributed by atoms with Gasteiger partial charge >= 0.3 is 0 Å². The van der Waals surface area contributed by atoms with Gasteiger partial charge in [-0.25, -0.2) is 0 Å². The van der Waals surface area contributed by atoms with Crippen LogP contribution in [0, 0.1) is 5.92 Å². The van der Waals surface area contributed by atoms with Crippen molar-refractivity contribution in [2.24, 2.45) is 11.8 Å². The third-order valence-corrected chi connectivity index (χ3v) is 3.43. The first-order valence-corrected chi connectivity index (χ1v) is 6.80. The van der Waals surface area contributed by atoms with Crippen molar-refractivity contribution in [3.8, 4) is 0 Å². The zero-order chi connectivity index (χ0) is 11.8. The average Bonchev–Trinajstić information content (AvgIpc) is 2.75. The Morgan fingerprint density at radius 2 is 2.12 bits per heavy atom. The maximum Gasteiger partial charge on any atom is 0.0576 e. The fraction of sp³-hybridized carbons (Fsp3) is 1.00. The van der Waals surface area contributed by atoms with Gasteiger partial charge in [-0.1, -0.05) is 13.8 Å². The van der Waals surface area contributed by atoms with Crippen molar-refractivity contribution in [1.82, 2.24) is 5.43 Å². The van der Waals surface area contributed by atoms with Gasteiger partial charge in [-0.15, -0.1) is 0 Å². The predicted octanol–water partition coefficient (Wildman–Crippen LogP) is 2.60. The fourth-order valence-electron chi connectivity index (χ4n) is 2.31. The van der Waals surface area contributed by atoms with Gasteiger partial charge in [-0.05, 0) is 50.9 Å². The van der Waals surface area contributed by atoms with Crippen molar-refractivity contribution in [3.63, 3.8) is 0 Å². The summed E-state index contributed by atoms with van der Waals surface area (Å²) in [5.41, 5.74) is 2.94. The second kappa shape index (κ2) is 8.04. The Kier molecular flexibility index (Phi) is 7.01. The summed E-state index contributed by atoms with van der Waals surface area (Å²) in [5, 5.41) is 0. The molecule has 0 radical (unpaired) electrons. The maximum absolute atomic E-state index is 5.61. The molecule has 0 amide bonds. The van der Waals surface area contributed by atoms with Crippen molar-refractivity contribution >= 4 is 0 Å². The van der Waals surface area contributed by atoms with Gasteiger partial charge in [0.2, 0.25) is 0 Å². The molecule has 3 heteroatoms. The van der Waals surface area contributed by atoms with Crippen molar-refractivity contribution in [2.45, 2.75) is 70.9 Å². The summed E-state index contributed by atoms with van der Waals surface area (Å²) < 4.78 is 5.61. The number of rotatable bonds is 8. The molecule has 0 spiro atoms. The number of ether oxygens (including phenoxy) is 1. The number of hydrogen-bond donors (Lipinski definition) is 2. The topological polar surface area (TPSA) is 47.3 Å². The Balaban J connectivity index is 2.03. The molecule has 1 saturated heterocycles. The summed E-state index contributed by atoms with van der Waals surface area (Å²) in [6.45, 7) is 5.50. The normalized spacial score (nSPS) is 22.9. The molecule has 3 nitrogen and oxygen atoms in total. The summed E-state index contributed by atoms with van der Waals surface area (Å²) in [7, 11) is 0. The molecule has 96 valence electrons. The van der Waals surface area contributed by atoms with E-state index in [1.54, 1.807) is 0 Å². The van der Waals surface area contributed by atoms with Crippen molar-refractivity contribution in [1.29, 1.82) is 0 Å². The largest absolute Gasteiger partial charge is 0.378 e. The first-order chi connectivity index (χ1) is 7.72. The molecule has 1 heterocycles. The highest BCUT2D eigenvalue weighted by atomic mass is 16.5. The first kappa shape index (κ1) is 13.9. The molecule has 0 aliphatic carbocycles. The summed E-state index contributed by atoms with van der Waals surface area (Å²) >= 11 is 0. The van der Waals surface area contributed by atoms with Gasteiger partial charge in [0.1, 0.15) is 0 Å². The second-order valence-electron chi connectivity index (χ2n) is 5.40. The van der Waals surface area contributed by atoms with E-state index in [1.165, 1.54) is 44.9 Å². The zero-order valence-corrected chi connectivity index (χ0v) is 10.9. The summed E-state index contributed by atoms with van der Waals surface area (Å²) in [4.78, 5) is 0. The monoisotopic (exact) mass is 228 g/mol. The van der Waals surface area contributed by atoms with Crippen LogP contribution in [0.4, 0.5) is 0 Å². The van der Waals surface area contributed by atoms with Crippen LogP contribution in [0.1, 0.15) is 58.8 Å². The summed E-state index contributed by atoms with van der Waals surface area (Å²) in [6.07, 6.45) is 9.11. The zero-order valence-electron chi connectivity index (χ0n) is 10.9. The van der Waals surface area contributed by atoms with Crippen LogP contribution in [-0.2, 0) is 4.74 Å². The Morgan fingerprint density at radius 3 is 2.69 bits per heavy atom. The molecule has 2 atom stereocenters. The Hall–Kier alpha value is -0.120. The molecule has 1 aliphatic rings. The number of hydrogen-bond acceptors (Lipinski definition) is 3. The standard InChI is InChI=1S/C13H28N2O/c1-11(2)8-9-12(15-14)5-3-6-13-7-4-10-16-13/h11-13,15H,3-10,14H2,1-2H3. The van der Waals surface area contributed by atoms with Gasteiger partial charge in [-0.2, -0.15) is 0 Å². The van der Waals surface area contributed by atoms with E-state index in [9.17, 15) is 0 Å². The molecule has 0 aromatic carbocycles. The average molecular weight is 228 g/mol. The minimum Gasteiger partial charge on any atom is -0.378 e. The van der Waals surface area contributed by atoms with E-state index in [0.29, 0.717) is 12.1 Å². The molecule has 0 bridgehead atoms. The van der Waals surface area contributed by atoms with Crippen molar-refractivity contribution in [3.05, 3.63) is 0 Å². The van der Waals surface area contributed by atoms with Crippen LogP contribution in [-0.4, -0.2) is 18.8 Å². The molecular weight excluding hydrogens is 200 g/mol. The smallest absolute Gasteiger partial charge is 0.0576 e. The molecule has 0 saturated carbocycles. The van der Waals surface area contributed by atoms with Crippen molar-refractivity contribution in [2.75, 3.05) is 6.61 Å². The van der Waals surface area contributed by atoms with E-state index in [0.717, 1.165) is 12.5 Å². The number of hydrazine groups is 1. The minimum absolute atomic E-state index is 0.490. The second-order valence-corrected chi connectivity index (χ2v) is 5.40. The van der Waals surface area contributed by atoms with Gasteiger partial charge in [0, 0.05) is 12.6 Å². The van der Waals surface area contributed by atoms with Crippen LogP contribution < -0.4 is 11.3 Å².